The first kappa shape index (κ1) is 49.0. The normalized spacial score (nSPS) is 11.4. The number of benzene rings is 4. The first-order valence-electron chi connectivity index (χ1n) is 20.6. The lowest BCUT2D eigenvalue weighted by atomic mass is 10.1. The van der Waals surface area contributed by atoms with E-state index in [4.69, 9.17) is 44.8 Å². The van der Waals surface area contributed by atoms with Gasteiger partial charge in [0.1, 0.15) is 42.6 Å². The molecule has 334 valence electrons. The van der Waals surface area contributed by atoms with Gasteiger partial charge in [0.05, 0.1) is 61.8 Å². The van der Waals surface area contributed by atoms with Crippen LogP contribution in [0.25, 0.3) is 0 Å². The molecule has 0 spiro atoms. The van der Waals surface area contributed by atoms with Crippen LogP contribution in [0.3, 0.4) is 0 Å². The van der Waals surface area contributed by atoms with E-state index in [0.29, 0.717) is 83.4 Å². The molecule has 0 aliphatic rings. The summed E-state index contributed by atoms with van der Waals surface area (Å²) in [7, 11) is 0. The first-order chi connectivity index (χ1) is 29.9. The second kappa shape index (κ2) is 26.7. The van der Waals surface area contributed by atoms with Gasteiger partial charge in [-0.15, -0.1) is 5.11 Å². The van der Waals surface area contributed by atoms with Crippen LogP contribution in [0, 0.1) is 10.1 Å². The van der Waals surface area contributed by atoms with Gasteiger partial charge >= 0.3 is 11.9 Å². The number of rotatable bonds is 28. The molecule has 0 saturated carbocycles. The van der Waals surface area contributed by atoms with E-state index in [1.165, 1.54) is 18.2 Å². The van der Waals surface area contributed by atoms with Gasteiger partial charge in [-0.25, -0.2) is 0 Å². The predicted molar refractivity (Wildman–Crippen MR) is 236 cm³/mol. The Bertz CT molecular complexity index is 1990. The third kappa shape index (κ3) is 19.4. The van der Waals surface area contributed by atoms with Gasteiger partial charge < -0.3 is 38.1 Å². The molecule has 0 unspecified atom stereocenters. The average Bonchev–Trinajstić information content (AvgIpc) is 3.25. The van der Waals surface area contributed by atoms with Crippen LogP contribution < -0.4 is 14.4 Å². The second-order valence-electron chi connectivity index (χ2n) is 14.8. The van der Waals surface area contributed by atoms with Crippen molar-refractivity contribution in [3.8, 4) is 11.5 Å². The van der Waals surface area contributed by atoms with Crippen LogP contribution in [0.4, 0.5) is 22.7 Å². The van der Waals surface area contributed by atoms with Crippen LogP contribution in [0.2, 0.25) is 5.02 Å². The number of hydrogen-bond acceptors (Lipinski definition) is 14. The van der Waals surface area contributed by atoms with E-state index >= 15 is 0 Å². The minimum Gasteiger partial charge on any atom is -0.492 e. The van der Waals surface area contributed by atoms with Crippen LogP contribution in [-0.4, -0.2) is 95.0 Å². The maximum atomic E-state index is 12.2. The summed E-state index contributed by atoms with van der Waals surface area (Å²) in [5.74, 6) is 0.976. The van der Waals surface area contributed by atoms with Crippen molar-refractivity contribution >= 4 is 46.3 Å². The van der Waals surface area contributed by atoms with Crippen molar-refractivity contribution in [1.82, 2.24) is 0 Å². The number of carbonyl (C=O) groups is 2. The molecule has 0 aliphatic heterocycles. The molecule has 0 fully saturated rings. The fourth-order valence-electron chi connectivity index (χ4n) is 5.71. The van der Waals surface area contributed by atoms with E-state index < -0.39 is 10.5 Å². The third-order valence-electron chi connectivity index (χ3n) is 8.88. The Morgan fingerprint density at radius 2 is 1.21 bits per heavy atom. The Labute approximate surface area is 368 Å². The molecule has 0 heterocycles. The number of azo groups is 1. The van der Waals surface area contributed by atoms with Gasteiger partial charge in [0.2, 0.25) is 0 Å². The number of ether oxygens (including phenoxy) is 7. The first-order valence-corrected chi connectivity index (χ1v) is 21.0. The maximum absolute atomic E-state index is 12.2. The number of carbonyl (C=O) groups excluding carboxylic acids is 2. The molecule has 0 atom stereocenters. The number of halogens is 1. The number of hydrogen-bond donors (Lipinski definition) is 0. The minimum absolute atomic E-state index is 0.109. The molecule has 16 heteroatoms. The molecule has 0 aliphatic carbocycles. The molecule has 15 nitrogen and oxygen atoms in total. The van der Waals surface area contributed by atoms with Crippen molar-refractivity contribution in [2.75, 3.05) is 77.5 Å². The van der Waals surface area contributed by atoms with Gasteiger partial charge in [-0.1, -0.05) is 35.9 Å². The molecule has 4 aromatic carbocycles. The van der Waals surface area contributed by atoms with Gasteiger partial charge in [0, 0.05) is 37.2 Å². The topological polar surface area (TPSA) is 170 Å². The van der Waals surface area contributed by atoms with E-state index in [0.717, 1.165) is 34.9 Å². The van der Waals surface area contributed by atoms with Gasteiger partial charge in [-0.05, 0) is 106 Å². The molecule has 0 aromatic heterocycles. The number of nitrogens with zero attached hydrogens (tertiary/aromatic N) is 4. The highest BCUT2D eigenvalue weighted by Gasteiger charge is 2.16. The maximum Gasteiger partial charge on any atom is 0.306 e. The lowest BCUT2D eigenvalue weighted by molar-refractivity contribution is -0.384. The molecule has 0 N–H and O–H groups in total. The van der Waals surface area contributed by atoms with Crippen LogP contribution in [0.1, 0.15) is 51.7 Å². The summed E-state index contributed by atoms with van der Waals surface area (Å²) >= 11 is 6.11. The standard InChI is InChI=1S/C46H57ClN4O11/c1-5-50(38-14-12-37(13-15-38)48-49-43-21-16-39(51(54)55)34-42(43)47)24-25-59-40-17-6-35(7-18-40)10-22-44(52)61-33-31-58-29-27-56-26-28-57-30-32-60-41-19-8-36(9-20-41)11-23-45(53)62-46(2,3)4/h6-9,12-21,34H,5,10-11,22-33H2,1-4H3. The van der Waals surface area contributed by atoms with Gasteiger partial charge in [0.15, 0.2) is 0 Å². The van der Waals surface area contributed by atoms with Gasteiger partial charge in [-0.2, -0.15) is 5.11 Å². The van der Waals surface area contributed by atoms with Crippen molar-refractivity contribution in [3.63, 3.8) is 0 Å². The molecular formula is C46H57ClN4O11. The van der Waals surface area contributed by atoms with E-state index in [-0.39, 0.29) is 42.3 Å². The Morgan fingerprint density at radius 3 is 1.74 bits per heavy atom. The molecule has 0 amide bonds. The van der Waals surface area contributed by atoms with Gasteiger partial charge in [0.25, 0.3) is 5.69 Å². The van der Waals surface area contributed by atoms with Crippen molar-refractivity contribution in [1.29, 1.82) is 0 Å². The summed E-state index contributed by atoms with van der Waals surface area (Å²) in [6.45, 7) is 12.5. The number of nitro benzene ring substituents is 1. The number of esters is 2. The minimum atomic E-state index is -0.516. The molecule has 4 rings (SSSR count). The number of likely N-dealkylation sites (N-methyl/N-ethyl adjacent to an activating group) is 1. The van der Waals surface area contributed by atoms with Crippen molar-refractivity contribution in [2.45, 2.75) is 59.0 Å². The fourth-order valence-corrected chi connectivity index (χ4v) is 5.93. The predicted octanol–water partition coefficient (Wildman–Crippen LogP) is 9.45. The highest BCUT2D eigenvalue weighted by Crippen LogP contribution is 2.31. The van der Waals surface area contributed by atoms with Gasteiger partial charge in [-0.3, -0.25) is 19.7 Å². The summed E-state index contributed by atoms with van der Waals surface area (Å²) in [4.78, 5) is 36.7. The van der Waals surface area contributed by atoms with Crippen LogP contribution in [-0.2, 0) is 46.1 Å². The smallest absolute Gasteiger partial charge is 0.306 e. The molecule has 4 aromatic rings. The largest absolute Gasteiger partial charge is 0.492 e. The zero-order valence-corrected chi connectivity index (χ0v) is 36.7. The monoisotopic (exact) mass is 876 g/mol. The van der Waals surface area contributed by atoms with E-state index in [1.54, 1.807) is 0 Å². The van der Waals surface area contributed by atoms with Crippen LogP contribution in [0.15, 0.2) is 101 Å². The Balaban J connectivity index is 0.968. The van der Waals surface area contributed by atoms with E-state index in [2.05, 4.69) is 22.1 Å². The quantitative estimate of drug-likeness (QED) is 0.0174. The zero-order valence-electron chi connectivity index (χ0n) is 35.9. The molecule has 0 bridgehead atoms. The molecule has 0 saturated heterocycles. The molecule has 0 radical (unpaired) electrons. The van der Waals surface area contributed by atoms with Crippen LogP contribution in [0.5, 0.6) is 11.5 Å². The fraction of sp³-hybridized carbons (Fsp3) is 0.435. The molecular weight excluding hydrogens is 820 g/mol. The summed E-state index contributed by atoms with van der Waals surface area (Å²) in [5, 5.41) is 19.4. The lowest BCUT2D eigenvalue weighted by Gasteiger charge is -2.23. The van der Waals surface area contributed by atoms with Crippen molar-refractivity contribution < 1.29 is 47.7 Å². The van der Waals surface area contributed by atoms with E-state index in [9.17, 15) is 19.7 Å². The van der Waals surface area contributed by atoms with Crippen LogP contribution >= 0.6 is 11.6 Å². The number of non-ortho nitro benzene ring substituents is 1. The lowest BCUT2D eigenvalue weighted by Crippen LogP contribution is -2.27. The number of nitro groups is 1. The van der Waals surface area contributed by atoms with E-state index in [1.807, 2.05) is 93.6 Å². The average molecular weight is 877 g/mol. The SMILES string of the molecule is CCN(CCOc1ccc(CCC(=O)OCCOCCOCCOCCOc2ccc(CCC(=O)OC(C)(C)C)cc2)cc1)c1ccc(N=Nc2ccc([N+](=O)[O-])cc2Cl)cc1. The Kier molecular flexibility index (Phi) is 21.1. The van der Waals surface area contributed by atoms with Crippen molar-refractivity contribution in [2.24, 2.45) is 10.2 Å². The third-order valence-corrected chi connectivity index (χ3v) is 9.18. The highest BCUT2D eigenvalue weighted by molar-refractivity contribution is 6.33. The highest BCUT2D eigenvalue weighted by atomic mass is 35.5. The Hall–Kier alpha value is -5.61. The second-order valence-corrected chi connectivity index (χ2v) is 15.2. The number of aryl methyl sites for hydroxylation is 2. The summed E-state index contributed by atoms with van der Waals surface area (Å²) in [6, 6.07) is 26.9. The summed E-state index contributed by atoms with van der Waals surface area (Å²) < 4.78 is 38.9. The van der Waals surface area contributed by atoms with Crippen molar-refractivity contribution in [3.05, 3.63) is 117 Å². The Morgan fingerprint density at radius 1 is 0.677 bits per heavy atom. The molecule has 62 heavy (non-hydrogen) atoms. The number of anilines is 1. The summed E-state index contributed by atoms with van der Waals surface area (Å²) in [5.41, 5.74) is 3.41. The zero-order chi connectivity index (χ0) is 44.6. The summed E-state index contributed by atoms with van der Waals surface area (Å²) in [6.07, 6.45) is 1.75.